The summed E-state index contributed by atoms with van der Waals surface area (Å²) in [5, 5.41) is 6.34. The van der Waals surface area contributed by atoms with Crippen LogP contribution < -0.4 is 5.32 Å². The SMILES string of the molecule is Cc1cc(NC(=O)N(C)C(C)c2ccc(S(C)(=O)=O)cc2)no1. The Kier molecular flexibility index (Phi) is 4.74. The number of amides is 2. The number of anilines is 1. The number of aryl methyl sites for hydroxylation is 1. The lowest BCUT2D eigenvalue weighted by Crippen LogP contribution is -2.33. The van der Waals surface area contributed by atoms with Crippen molar-refractivity contribution in [3.63, 3.8) is 0 Å². The van der Waals surface area contributed by atoms with Crippen molar-refractivity contribution in [2.75, 3.05) is 18.6 Å². The van der Waals surface area contributed by atoms with Crippen LogP contribution in [0.5, 0.6) is 0 Å². The highest BCUT2D eigenvalue weighted by Crippen LogP contribution is 2.21. The number of urea groups is 1. The maximum Gasteiger partial charge on any atom is 0.323 e. The molecule has 0 aliphatic heterocycles. The van der Waals surface area contributed by atoms with Crippen LogP contribution >= 0.6 is 0 Å². The zero-order chi connectivity index (χ0) is 17.2. The van der Waals surface area contributed by atoms with Gasteiger partial charge in [-0.15, -0.1) is 0 Å². The minimum atomic E-state index is -3.23. The Labute approximate surface area is 135 Å². The highest BCUT2D eigenvalue weighted by atomic mass is 32.2. The van der Waals surface area contributed by atoms with E-state index in [0.717, 1.165) is 11.8 Å². The van der Waals surface area contributed by atoms with Gasteiger partial charge in [0.2, 0.25) is 0 Å². The molecule has 1 aromatic heterocycles. The molecule has 1 atom stereocenters. The summed E-state index contributed by atoms with van der Waals surface area (Å²) in [5.74, 6) is 0.950. The van der Waals surface area contributed by atoms with E-state index in [1.54, 1.807) is 32.2 Å². The summed E-state index contributed by atoms with van der Waals surface area (Å²) in [7, 11) is -1.58. The highest BCUT2D eigenvalue weighted by molar-refractivity contribution is 7.90. The van der Waals surface area contributed by atoms with Crippen molar-refractivity contribution >= 4 is 21.7 Å². The van der Waals surface area contributed by atoms with Gasteiger partial charge in [0.05, 0.1) is 10.9 Å². The average Bonchev–Trinajstić information content (AvgIpc) is 2.90. The van der Waals surface area contributed by atoms with Gasteiger partial charge in [0.1, 0.15) is 5.76 Å². The fraction of sp³-hybridized carbons (Fsp3) is 0.333. The van der Waals surface area contributed by atoms with Crippen LogP contribution in [0.4, 0.5) is 10.6 Å². The van der Waals surface area contributed by atoms with E-state index in [4.69, 9.17) is 4.52 Å². The molecule has 1 heterocycles. The molecule has 1 aromatic carbocycles. The quantitative estimate of drug-likeness (QED) is 0.926. The minimum absolute atomic E-state index is 0.239. The molecule has 0 spiro atoms. The molecular formula is C15H19N3O4S. The topological polar surface area (TPSA) is 92.5 Å². The number of benzene rings is 1. The predicted molar refractivity (Wildman–Crippen MR) is 86.0 cm³/mol. The number of hydrogen-bond acceptors (Lipinski definition) is 5. The molecule has 0 saturated heterocycles. The summed E-state index contributed by atoms with van der Waals surface area (Å²) in [5.41, 5.74) is 0.825. The van der Waals surface area contributed by atoms with Crippen LogP contribution in [0, 0.1) is 6.92 Å². The molecule has 0 fully saturated rings. The highest BCUT2D eigenvalue weighted by Gasteiger charge is 2.19. The van der Waals surface area contributed by atoms with Crippen molar-refractivity contribution in [2.45, 2.75) is 24.8 Å². The molecule has 23 heavy (non-hydrogen) atoms. The third-order valence-corrected chi connectivity index (χ3v) is 4.68. The first-order chi connectivity index (χ1) is 10.7. The maximum absolute atomic E-state index is 12.2. The smallest absolute Gasteiger partial charge is 0.323 e. The third-order valence-electron chi connectivity index (χ3n) is 3.55. The van der Waals surface area contributed by atoms with Crippen molar-refractivity contribution < 1.29 is 17.7 Å². The van der Waals surface area contributed by atoms with Crippen LogP contribution in [0.25, 0.3) is 0 Å². The molecule has 8 heteroatoms. The van der Waals surface area contributed by atoms with Gasteiger partial charge in [0.25, 0.3) is 0 Å². The molecule has 2 amide bonds. The van der Waals surface area contributed by atoms with Crippen LogP contribution in [-0.2, 0) is 9.84 Å². The van der Waals surface area contributed by atoms with E-state index < -0.39 is 9.84 Å². The molecule has 0 bridgehead atoms. The second kappa shape index (κ2) is 6.41. The van der Waals surface area contributed by atoms with Gasteiger partial charge in [-0.2, -0.15) is 0 Å². The average molecular weight is 337 g/mol. The van der Waals surface area contributed by atoms with E-state index in [-0.39, 0.29) is 17.0 Å². The number of carbonyl (C=O) groups excluding carboxylic acids is 1. The first kappa shape index (κ1) is 17.0. The van der Waals surface area contributed by atoms with Crippen molar-refractivity contribution in [3.8, 4) is 0 Å². The fourth-order valence-electron chi connectivity index (χ4n) is 2.02. The fourth-order valence-corrected chi connectivity index (χ4v) is 2.65. The van der Waals surface area contributed by atoms with Crippen molar-refractivity contribution in [3.05, 3.63) is 41.7 Å². The number of carbonyl (C=O) groups is 1. The Morgan fingerprint density at radius 1 is 1.30 bits per heavy atom. The second-order valence-corrected chi connectivity index (χ2v) is 7.40. The van der Waals surface area contributed by atoms with E-state index in [9.17, 15) is 13.2 Å². The van der Waals surface area contributed by atoms with Crippen LogP contribution in [0.3, 0.4) is 0 Å². The molecule has 2 rings (SSSR count). The van der Waals surface area contributed by atoms with Gasteiger partial charge in [-0.3, -0.25) is 5.32 Å². The first-order valence-electron chi connectivity index (χ1n) is 6.95. The summed E-state index contributed by atoms with van der Waals surface area (Å²) in [6.07, 6.45) is 1.16. The molecule has 1 N–H and O–H groups in total. The molecule has 7 nitrogen and oxygen atoms in total. The molecule has 124 valence electrons. The third kappa shape index (κ3) is 4.10. The van der Waals surface area contributed by atoms with Crippen molar-refractivity contribution in [1.82, 2.24) is 10.1 Å². The normalized spacial score (nSPS) is 12.7. The monoisotopic (exact) mass is 337 g/mol. The Bertz CT molecular complexity index is 796. The Hall–Kier alpha value is -2.35. The minimum Gasteiger partial charge on any atom is -0.360 e. The van der Waals surface area contributed by atoms with Crippen LogP contribution in [0.2, 0.25) is 0 Å². The molecule has 0 saturated carbocycles. The summed E-state index contributed by atoms with van der Waals surface area (Å²) in [6, 6.07) is 7.52. The molecule has 1 unspecified atom stereocenters. The lowest BCUT2D eigenvalue weighted by Gasteiger charge is -2.25. The van der Waals surface area contributed by atoms with E-state index in [1.165, 1.54) is 17.0 Å². The number of nitrogens with one attached hydrogen (secondary N) is 1. The van der Waals surface area contributed by atoms with Gasteiger partial charge in [-0.25, -0.2) is 13.2 Å². The number of nitrogens with zero attached hydrogens (tertiary/aromatic N) is 2. The standard InChI is InChI=1S/C15H19N3O4S/c1-10-9-14(17-22-10)16-15(19)18(3)11(2)12-5-7-13(8-6-12)23(4,20)21/h5-9,11H,1-4H3,(H,16,17,19). The van der Waals surface area contributed by atoms with Gasteiger partial charge in [0, 0.05) is 19.4 Å². The molecule has 2 aromatic rings. The van der Waals surface area contributed by atoms with E-state index in [2.05, 4.69) is 10.5 Å². The van der Waals surface area contributed by atoms with Crippen LogP contribution in [0.1, 0.15) is 24.3 Å². The van der Waals surface area contributed by atoms with Gasteiger partial charge >= 0.3 is 6.03 Å². The lowest BCUT2D eigenvalue weighted by atomic mass is 10.1. The molecule has 0 radical (unpaired) electrons. The zero-order valence-corrected chi connectivity index (χ0v) is 14.2. The van der Waals surface area contributed by atoms with Crippen molar-refractivity contribution in [1.29, 1.82) is 0 Å². The van der Waals surface area contributed by atoms with Crippen LogP contribution in [0.15, 0.2) is 39.8 Å². The summed E-state index contributed by atoms with van der Waals surface area (Å²) in [4.78, 5) is 13.9. The zero-order valence-electron chi connectivity index (χ0n) is 13.4. The van der Waals surface area contributed by atoms with E-state index >= 15 is 0 Å². The Balaban J connectivity index is 2.09. The van der Waals surface area contributed by atoms with E-state index in [1.807, 2.05) is 6.92 Å². The number of sulfone groups is 1. The predicted octanol–water partition coefficient (Wildman–Crippen LogP) is 2.61. The Morgan fingerprint density at radius 3 is 2.39 bits per heavy atom. The largest absolute Gasteiger partial charge is 0.360 e. The number of hydrogen-bond donors (Lipinski definition) is 1. The second-order valence-electron chi connectivity index (χ2n) is 5.38. The van der Waals surface area contributed by atoms with E-state index in [0.29, 0.717) is 11.6 Å². The van der Waals surface area contributed by atoms with Gasteiger partial charge in [0.15, 0.2) is 15.7 Å². The van der Waals surface area contributed by atoms with Crippen LogP contribution in [-0.4, -0.2) is 37.8 Å². The van der Waals surface area contributed by atoms with Gasteiger partial charge in [-0.05, 0) is 31.5 Å². The molecule has 0 aliphatic rings. The maximum atomic E-state index is 12.2. The summed E-state index contributed by atoms with van der Waals surface area (Å²) in [6.45, 7) is 3.58. The molecular weight excluding hydrogens is 318 g/mol. The summed E-state index contributed by atoms with van der Waals surface area (Å²) < 4.78 is 27.8. The number of rotatable bonds is 4. The van der Waals surface area contributed by atoms with Gasteiger partial charge in [-0.1, -0.05) is 17.3 Å². The Morgan fingerprint density at radius 2 is 1.91 bits per heavy atom. The lowest BCUT2D eigenvalue weighted by molar-refractivity contribution is 0.208. The van der Waals surface area contributed by atoms with Crippen molar-refractivity contribution in [2.24, 2.45) is 0 Å². The molecule has 0 aliphatic carbocycles. The first-order valence-corrected chi connectivity index (χ1v) is 8.85. The summed E-state index contributed by atoms with van der Waals surface area (Å²) >= 11 is 0. The van der Waals surface area contributed by atoms with Gasteiger partial charge < -0.3 is 9.42 Å². The number of aromatic nitrogens is 1.